The predicted molar refractivity (Wildman–Crippen MR) is 60.4 cm³/mol. The van der Waals surface area contributed by atoms with Crippen LogP contribution in [0.25, 0.3) is 0 Å². The van der Waals surface area contributed by atoms with Gasteiger partial charge in [-0.3, -0.25) is 0 Å². The van der Waals surface area contributed by atoms with Crippen LogP contribution < -0.4 is 5.32 Å². The van der Waals surface area contributed by atoms with Crippen LogP contribution >= 0.6 is 15.9 Å². The van der Waals surface area contributed by atoms with Crippen molar-refractivity contribution in [2.75, 3.05) is 6.54 Å². The summed E-state index contributed by atoms with van der Waals surface area (Å²) in [5, 5.41) is 13.1. The van der Waals surface area contributed by atoms with Crippen LogP contribution in [-0.4, -0.2) is 11.7 Å². The summed E-state index contributed by atoms with van der Waals surface area (Å²) in [4.78, 5) is 0. The van der Waals surface area contributed by atoms with E-state index in [0.717, 1.165) is 23.0 Å². The van der Waals surface area contributed by atoms with Crippen molar-refractivity contribution in [1.29, 1.82) is 0 Å². The van der Waals surface area contributed by atoms with E-state index >= 15 is 0 Å². The highest BCUT2D eigenvalue weighted by molar-refractivity contribution is 9.10. The molecule has 0 bridgehead atoms. The molecule has 1 saturated heterocycles. The number of hydrogen-bond acceptors (Lipinski definition) is 2. The highest BCUT2D eigenvalue weighted by atomic mass is 79.9. The SMILES string of the molecule is Oc1ccc(Br)cc1C1CCCCN1. The largest absolute Gasteiger partial charge is 0.508 e. The third-order valence-electron chi connectivity index (χ3n) is 2.68. The summed E-state index contributed by atoms with van der Waals surface area (Å²) in [5.41, 5.74) is 1.01. The Kier molecular flexibility index (Phi) is 3.08. The Labute approximate surface area is 92.5 Å². The minimum atomic E-state index is 0.321. The van der Waals surface area contributed by atoms with Gasteiger partial charge in [0.05, 0.1) is 0 Å². The molecule has 1 unspecified atom stereocenters. The van der Waals surface area contributed by atoms with E-state index in [9.17, 15) is 5.11 Å². The average molecular weight is 256 g/mol. The average Bonchev–Trinajstić information content (AvgIpc) is 2.23. The predicted octanol–water partition coefficient (Wildman–Crippen LogP) is 2.97. The van der Waals surface area contributed by atoms with Crippen LogP contribution in [-0.2, 0) is 0 Å². The fourth-order valence-electron chi connectivity index (χ4n) is 1.92. The van der Waals surface area contributed by atoms with E-state index in [0.29, 0.717) is 11.8 Å². The molecule has 0 aromatic heterocycles. The minimum Gasteiger partial charge on any atom is -0.508 e. The van der Waals surface area contributed by atoms with Crippen molar-refractivity contribution in [1.82, 2.24) is 5.32 Å². The van der Waals surface area contributed by atoms with Crippen molar-refractivity contribution in [3.8, 4) is 5.75 Å². The molecule has 1 atom stereocenters. The van der Waals surface area contributed by atoms with Crippen molar-refractivity contribution in [2.24, 2.45) is 0 Å². The number of hydrogen-bond donors (Lipinski definition) is 2. The molecule has 2 nitrogen and oxygen atoms in total. The molecular weight excluding hydrogens is 242 g/mol. The maximum absolute atomic E-state index is 9.73. The molecule has 1 aromatic rings. The number of aromatic hydroxyl groups is 1. The van der Waals surface area contributed by atoms with E-state index in [1.165, 1.54) is 12.8 Å². The first-order chi connectivity index (χ1) is 6.77. The molecule has 0 spiro atoms. The second-order valence-corrected chi connectivity index (χ2v) is 4.62. The molecule has 1 fully saturated rings. The van der Waals surface area contributed by atoms with Crippen molar-refractivity contribution < 1.29 is 5.11 Å². The normalized spacial score (nSPS) is 22.2. The first-order valence-corrected chi connectivity index (χ1v) is 5.78. The van der Waals surface area contributed by atoms with Crippen LogP contribution in [0.5, 0.6) is 5.75 Å². The molecule has 0 aliphatic carbocycles. The summed E-state index contributed by atoms with van der Waals surface area (Å²) in [6, 6.07) is 5.93. The van der Waals surface area contributed by atoms with Gasteiger partial charge >= 0.3 is 0 Å². The summed E-state index contributed by atoms with van der Waals surface area (Å²) in [7, 11) is 0. The highest BCUT2D eigenvalue weighted by Crippen LogP contribution is 2.31. The van der Waals surface area contributed by atoms with Crippen LogP contribution in [0.1, 0.15) is 30.9 Å². The van der Waals surface area contributed by atoms with Gasteiger partial charge in [0.15, 0.2) is 0 Å². The molecular formula is C11H14BrNO. The topological polar surface area (TPSA) is 32.3 Å². The molecule has 3 heteroatoms. The molecule has 76 valence electrons. The lowest BCUT2D eigenvalue weighted by Crippen LogP contribution is -2.26. The van der Waals surface area contributed by atoms with Gasteiger partial charge in [0.1, 0.15) is 5.75 Å². The second-order valence-electron chi connectivity index (χ2n) is 3.71. The van der Waals surface area contributed by atoms with Crippen molar-refractivity contribution in [3.63, 3.8) is 0 Å². The molecule has 14 heavy (non-hydrogen) atoms. The van der Waals surface area contributed by atoms with Gasteiger partial charge in [-0.25, -0.2) is 0 Å². The van der Waals surface area contributed by atoms with Crippen LogP contribution in [0.3, 0.4) is 0 Å². The molecule has 2 N–H and O–H groups in total. The standard InChI is InChI=1S/C11H14BrNO/c12-8-4-5-11(14)9(7-8)10-3-1-2-6-13-10/h4-5,7,10,13-14H,1-3,6H2. The van der Waals surface area contributed by atoms with Gasteiger partial charge in [0, 0.05) is 16.1 Å². The van der Waals surface area contributed by atoms with Gasteiger partial charge in [0.2, 0.25) is 0 Å². The van der Waals surface area contributed by atoms with Crippen molar-refractivity contribution >= 4 is 15.9 Å². The Morgan fingerprint density at radius 2 is 2.21 bits per heavy atom. The van der Waals surface area contributed by atoms with E-state index in [4.69, 9.17) is 0 Å². The lowest BCUT2D eigenvalue weighted by atomic mass is 9.97. The van der Waals surface area contributed by atoms with Crippen molar-refractivity contribution in [2.45, 2.75) is 25.3 Å². The Bertz CT molecular complexity index is 321. The fraction of sp³-hybridized carbons (Fsp3) is 0.455. The molecule has 0 radical (unpaired) electrons. The number of rotatable bonds is 1. The molecule has 1 heterocycles. The molecule has 2 rings (SSSR count). The maximum atomic E-state index is 9.73. The molecule has 1 aliphatic rings. The van der Waals surface area contributed by atoms with E-state index in [-0.39, 0.29) is 0 Å². The Hall–Kier alpha value is -0.540. The van der Waals surface area contributed by atoms with Gasteiger partial charge in [-0.1, -0.05) is 22.4 Å². The zero-order valence-electron chi connectivity index (χ0n) is 7.96. The zero-order chi connectivity index (χ0) is 9.97. The van der Waals surface area contributed by atoms with Gasteiger partial charge in [0.25, 0.3) is 0 Å². The summed E-state index contributed by atoms with van der Waals surface area (Å²) in [6.07, 6.45) is 3.60. The Balaban J connectivity index is 2.24. The van der Waals surface area contributed by atoms with E-state index < -0.39 is 0 Å². The molecule has 0 saturated carbocycles. The monoisotopic (exact) mass is 255 g/mol. The van der Waals surface area contributed by atoms with Crippen LogP contribution in [0.15, 0.2) is 22.7 Å². The highest BCUT2D eigenvalue weighted by Gasteiger charge is 2.17. The Morgan fingerprint density at radius 3 is 2.93 bits per heavy atom. The van der Waals surface area contributed by atoms with Crippen LogP contribution in [0.4, 0.5) is 0 Å². The quantitative estimate of drug-likeness (QED) is 0.809. The Morgan fingerprint density at radius 1 is 1.36 bits per heavy atom. The van der Waals surface area contributed by atoms with Crippen LogP contribution in [0.2, 0.25) is 0 Å². The van der Waals surface area contributed by atoms with Gasteiger partial charge in [-0.15, -0.1) is 0 Å². The number of halogens is 1. The maximum Gasteiger partial charge on any atom is 0.120 e. The zero-order valence-corrected chi connectivity index (χ0v) is 9.55. The molecule has 0 amide bonds. The minimum absolute atomic E-state index is 0.321. The summed E-state index contributed by atoms with van der Waals surface area (Å²) < 4.78 is 1.03. The summed E-state index contributed by atoms with van der Waals surface area (Å²) >= 11 is 3.42. The second kappa shape index (κ2) is 4.32. The molecule has 1 aromatic carbocycles. The smallest absolute Gasteiger partial charge is 0.120 e. The number of piperidine rings is 1. The number of benzene rings is 1. The van der Waals surface area contributed by atoms with Gasteiger partial charge < -0.3 is 10.4 Å². The number of phenols is 1. The van der Waals surface area contributed by atoms with E-state index in [1.54, 1.807) is 6.07 Å². The first-order valence-electron chi connectivity index (χ1n) is 4.99. The first kappa shape index (κ1) is 9.99. The van der Waals surface area contributed by atoms with E-state index in [1.807, 2.05) is 12.1 Å². The number of phenolic OH excluding ortho intramolecular Hbond substituents is 1. The lowest BCUT2D eigenvalue weighted by molar-refractivity contribution is 0.391. The van der Waals surface area contributed by atoms with E-state index in [2.05, 4.69) is 21.2 Å². The molecule has 1 aliphatic heterocycles. The summed E-state index contributed by atoms with van der Waals surface area (Å²) in [6.45, 7) is 1.05. The van der Waals surface area contributed by atoms with Crippen molar-refractivity contribution in [3.05, 3.63) is 28.2 Å². The lowest BCUT2D eigenvalue weighted by Gasteiger charge is -2.24. The van der Waals surface area contributed by atoms with Gasteiger partial charge in [-0.05, 0) is 37.6 Å². The number of nitrogens with one attached hydrogen (secondary N) is 1. The summed E-state index contributed by atoms with van der Waals surface area (Å²) in [5.74, 6) is 0.396. The van der Waals surface area contributed by atoms with Crippen LogP contribution in [0, 0.1) is 0 Å². The van der Waals surface area contributed by atoms with Gasteiger partial charge in [-0.2, -0.15) is 0 Å². The fourth-order valence-corrected chi connectivity index (χ4v) is 2.30. The third-order valence-corrected chi connectivity index (χ3v) is 3.17. The third kappa shape index (κ3) is 2.10.